The first-order chi connectivity index (χ1) is 9.66. The first kappa shape index (κ1) is 13.9. The zero-order valence-electron chi connectivity index (χ0n) is 11.1. The molecule has 1 heterocycles. The van der Waals surface area contributed by atoms with Crippen molar-refractivity contribution < 1.29 is 19.4 Å². The maximum absolute atomic E-state index is 10.8. The van der Waals surface area contributed by atoms with Gasteiger partial charge in [0.15, 0.2) is 0 Å². The molecule has 0 fully saturated rings. The van der Waals surface area contributed by atoms with Crippen molar-refractivity contribution in [3.63, 3.8) is 0 Å². The highest BCUT2D eigenvalue weighted by atomic mass is 16.5. The number of carbonyl (C=O) groups is 1. The van der Waals surface area contributed by atoms with Crippen LogP contribution in [0.5, 0.6) is 11.6 Å². The molecule has 2 aromatic rings. The van der Waals surface area contributed by atoms with Crippen molar-refractivity contribution in [2.75, 3.05) is 13.2 Å². The monoisotopic (exact) mass is 273 g/mol. The summed E-state index contributed by atoms with van der Waals surface area (Å²) in [5.74, 6) is 0.180. The average molecular weight is 273 g/mol. The minimum Gasteiger partial charge on any atom is -0.490 e. The summed E-state index contributed by atoms with van der Waals surface area (Å²) in [5.41, 5.74) is 0.608. The van der Waals surface area contributed by atoms with Crippen LogP contribution in [-0.4, -0.2) is 29.3 Å². The van der Waals surface area contributed by atoms with Crippen LogP contribution in [0.2, 0.25) is 0 Å². The van der Waals surface area contributed by atoms with Crippen LogP contribution in [0.15, 0.2) is 42.5 Å². The van der Waals surface area contributed by atoms with Gasteiger partial charge in [-0.25, -0.2) is 9.78 Å². The Kier molecular flexibility index (Phi) is 4.55. The number of hydrogen-bond acceptors (Lipinski definition) is 4. The van der Waals surface area contributed by atoms with E-state index in [4.69, 9.17) is 14.6 Å². The lowest BCUT2D eigenvalue weighted by molar-refractivity contribution is 0.0695. The molecule has 0 amide bonds. The van der Waals surface area contributed by atoms with Crippen molar-refractivity contribution in [3.05, 3.63) is 53.7 Å². The zero-order valence-corrected chi connectivity index (χ0v) is 11.1. The number of aromatic carboxylic acids is 1. The number of para-hydroxylation sites is 1. The van der Waals surface area contributed by atoms with Crippen LogP contribution in [0.4, 0.5) is 0 Å². The Hall–Kier alpha value is -2.56. The van der Waals surface area contributed by atoms with Crippen molar-refractivity contribution in [1.29, 1.82) is 0 Å². The highest BCUT2D eigenvalue weighted by molar-refractivity contribution is 5.88. The van der Waals surface area contributed by atoms with Gasteiger partial charge in [0, 0.05) is 6.07 Å². The van der Waals surface area contributed by atoms with Gasteiger partial charge in [-0.2, -0.15) is 0 Å². The molecular weight excluding hydrogens is 258 g/mol. The molecule has 0 saturated heterocycles. The molecule has 20 heavy (non-hydrogen) atoms. The molecule has 5 heteroatoms. The molecule has 5 nitrogen and oxygen atoms in total. The number of aromatic nitrogens is 1. The van der Waals surface area contributed by atoms with Crippen molar-refractivity contribution in [1.82, 2.24) is 4.98 Å². The number of rotatable bonds is 6. The predicted octanol–water partition coefficient (Wildman–Crippen LogP) is 2.55. The lowest BCUT2D eigenvalue weighted by Crippen LogP contribution is -2.10. The Morgan fingerprint density at radius 1 is 1.10 bits per heavy atom. The molecule has 0 spiro atoms. The largest absolute Gasteiger partial charge is 0.490 e. The molecule has 0 aliphatic heterocycles. The molecule has 0 aliphatic rings. The number of nitrogens with zero attached hydrogens (tertiary/aromatic N) is 1. The fourth-order valence-corrected chi connectivity index (χ4v) is 1.67. The number of hydrogen-bond donors (Lipinski definition) is 1. The average Bonchev–Trinajstić information content (AvgIpc) is 2.44. The smallest absolute Gasteiger partial charge is 0.337 e. The predicted molar refractivity (Wildman–Crippen MR) is 73.4 cm³/mol. The van der Waals surface area contributed by atoms with Gasteiger partial charge in [0.05, 0.1) is 11.3 Å². The summed E-state index contributed by atoms with van der Waals surface area (Å²) in [7, 11) is 0. The molecule has 0 saturated carbocycles. The summed E-state index contributed by atoms with van der Waals surface area (Å²) in [6, 6.07) is 12.5. The Labute approximate surface area is 116 Å². The van der Waals surface area contributed by atoms with Crippen molar-refractivity contribution in [3.8, 4) is 11.6 Å². The van der Waals surface area contributed by atoms with E-state index in [1.54, 1.807) is 13.0 Å². The van der Waals surface area contributed by atoms with E-state index in [2.05, 4.69) is 4.98 Å². The fraction of sp³-hybridized carbons (Fsp3) is 0.200. The third-order valence-corrected chi connectivity index (χ3v) is 2.64. The molecule has 1 aromatic heterocycles. The topological polar surface area (TPSA) is 68.7 Å². The maximum Gasteiger partial charge on any atom is 0.337 e. The van der Waals surface area contributed by atoms with Crippen molar-refractivity contribution in [2.45, 2.75) is 6.92 Å². The van der Waals surface area contributed by atoms with E-state index >= 15 is 0 Å². The second kappa shape index (κ2) is 6.56. The molecule has 0 bridgehead atoms. The summed E-state index contributed by atoms with van der Waals surface area (Å²) in [5, 5.41) is 8.90. The number of carboxylic acid groups (broad SMARTS) is 1. The maximum atomic E-state index is 10.8. The molecule has 0 aliphatic carbocycles. The van der Waals surface area contributed by atoms with E-state index in [0.29, 0.717) is 24.8 Å². The Balaban J connectivity index is 1.83. The van der Waals surface area contributed by atoms with E-state index < -0.39 is 5.97 Å². The highest BCUT2D eigenvalue weighted by Gasteiger charge is 2.08. The third-order valence-electron chi connectivity index (χ3n) is 2.64. The van der Waals surface area contributed by atoms with Crippen molar-refractivity contribution >= 4 is 5.97 Å². The van der Waals surface area contributed by atoms with Gasteiger partial charge >= 0.3 is 5.97 Å². The van der Waals surface area contributed by atoms with E-state index in [9.17, 15) is 4.79 Å². The molecule has 1 N–H and O–H groups in total. The summed E-state index contributed by atoms with van der Waals surface area (Å²) in [6.07, 6.45) is 0. The first-order valence-electron chi connectivity index (χ1n) is 6.18. The van der Waals surface area contributed by atoms with Gasteiger partial charge in [-0.05, 0) is 25.1 Å². The van der Waals surface area contributed by atoms with Gasteiger partial charge in [0.2, 0.25) is 5.88 Å². The molecule has 0 radical (unpaired) electrons. The normalized spacial score (nSPS) is 10.1. The molecule has 0 atom stereocenters. The molecule has 0 unspecified atom stereocenters. The Morgan fingerprint density at radius 2 is 1.80 bits per heavy atom. The van der Waals surface area contributed by atoms with Crippen LogP contribution < -0.4 is 9.47 Å². The number of benzene rings is 1. The first-order valence-corrected chi connectivity index (χ1v) is 6.18. The van der Waals surface area contributed by atoms with Crippen LogP contribution in [0.3, 0.4) is 0 Å². The van der Waals surface area contributed by atoms with E-state index in [1.165, 1.54) is 6.07 Å². The molecule has 104 valence electrons. The Morgan fingerprint density at radius 3 is 2.45 bits per heavy atom. The minimum atomic E-state index is -0.992. The fourth-order valence-electron chi connectivity index (χ4n) is 1.67. The van der Waals surface area contributed by atoms with Gasteiger partial charge in [-0.1, -0.05) is 18.2 Å². The lowest BCUT2D eigenvalue weighted by Gasteiger charge is -2.08. The van der Waals surface area contributed by atoms with Gasteiger partial charge in [-0.3, -0.25) is 0 Å². The van der Waals surface area contributed by atoms with Crippen LogP contribution in [0.25, 0.3) is 0 Å². The summed E-state index contributed by atoms with van der Waals surface area (Å²) in [6.45, 7) is 2.37. The zero-order chi connectivity index (χ0) is 14.4. The second-order valence-electron chi connectivity index (χ2n) is 4.10. The number of carboxylic acids is 1. The standard InChI is InChI=1S/C15H15NO4/c1-11-13(15(17)18)7-8-14(16-11)20-10-9-19-12-5-3-2-4-6-12/h2-8H,9-10H2,1H3,(H,17,18). The van der Waals surface area contributed by atoms with Crippen LogP contribution in [-0.2, 0) is 0 Å². The van der Waals surface area contributed by atoms with Gasteiger partial charge in [-0.15, -0.1) is 0 Å². The SMILES string of the molecule is Cc1nc(OCCOc2ccccc2)ccc1C(=O)O. The van der Waals surface area contributed by atoms with E-state index in [1.807, 2.05) is 30.3 Å². The Bertz CT molecular complexity index is 584. The van der Waals surface area contributed by atoms with Crippen LogP contribution in [0, 0.1) is 6.92 Å². The number of aryl methyl sites for hydroxylation is 1. The van der Waals surface area contributed by atoms with Crippen LogP contribution in [0.1, 0.15) is 16.1 Å². The van der Waals surface area contributed by atoms with Gasteiger partial charge in [0.1, 0.15) is 19.0 Å². The molecule has 2 rings (SSSR count). The summed E-state index contributed by atoms with van der Waals surface area (Å²) in [4.78, 5) is 14.9. The highest BCUT2D eigenvalue weighted by Crippen LogP contribution is 2.13. The van der Waals surface area contributed by atoms with E-state index in [0.717, 1.165) is 5.75 Å². The van der Waals surface area contributed by atoms with Gasteiger partial charge < -0.3 is 14.6 Å². The third kappa shape index (κ3) is 3.71. The molecular formula is C15H15NO4. The minimum absolute atomic E-state index is 0.179. The number of pyridine rings is 1. The van der Waals surface area contributed by atoms with E-state index in [-0.39, 0.29) is 5.56 Å². The number of ether oxygens (including phenoxy) is 2. The summed E-state index contributed by atoms with van der Waals surface area (Å²) < 4.78 is 10.9. The lowest BCUT2D eigenvalue weighted by atomic mass is 10.2. The quantitative estimate of drug-likeness (QED) is 0.819. The van der Waals surface area contributed by atoms with Crippen molar-refractivity contribution in [2.24, 2.45) is 0 Å². The van der Waals surface area contributed by atoms with Gasteiger partial charge in [0.25, 0.3) is 0 Å². The molecule has 1 aromatic carbocycles. The van der Waals surface area contributed by atoms with Crippen LogP contribution >= 0.6 is 0 Å². The summed E-state index contributed by atoms with van der Waals surface area (Å²) >= 11 is 0. The second-order valence-corrected chi connectivity index (χ2v) is 4.10.